The molecule has 0 bridgehead atoms. The van der Waals surface area contributed by atoms with Gasteiger partial charge in [-0.3, -0.25) is 4.79 Å². The van der Waals surface area contributed by atoms with Crippen LogP contribution in [0.1, 0.15) is 24.8 Å². The predicted molar refractivity (Wildman–Crippen MR) is 92.0 cm³/mol. The number of benzene rings is 1. The molecule has 0 radical (unpaired) electrons. The van der Waals surface area contributed by atoms with Crippen molar-refractivity contribution < 1.29 is 14.3 Å². The number of esters is 1. The van der Waals surface area contributed by atoms with Crippen molar-refractivity contribution in [3.05, 3.63) is 54.1 Å². The number of ether oxygens (including phenoxy) is 2. The first-order chi connectivity index (χ1) is 11.8. The Hall–Kier alpha value is -2.56. The van der Waals surface area contributed by atoms with Crippen LogP contribution in [0.2, 0.25) is 0 Å². The smallest absolute Gasteiger partial charge is 0.307 e. The molecule has 5 nitrogen and oxygen atoms in total. The minimum atomic E-state index is -0.177. The number of hydrogen-bond donors (Lipinski definition) is 0. The van der Waals surface area contributed by atoms with Crippen molar-refractivity contribution in [2.75, 3.05) is 18.6 Å². The minimum absolute atomic E-state index is 0.148. The molecule has 3 rings (SSSR count). The molecule has 1 atom stereocenters. The number of rotatable bonds is 6. The lowest BCUT2D eigenvalue weighted by Gasteiger charge is -2.25. The first kappa shape index (κ1) is 16.3. The van der Waals surface area contributed by atoms with Crippen LogP contribution < -0.4 is 9.64 Å². The summed E-state index contributed by atoms with van der Waals surface area (Å²) in [5, 5.41) is 0. The number of methoxy groups -OCH3 is 1. The average Bonchev–Trinajstić information content (AvgIpc) is 3.09. The lowest BCUT2D eigenvalue weighted by atomic mass is 10.1. The molecule has 5 heteroatoms. The lowest BCUT2D eigenvalue weighted by Crippen LogP contribution is -2.32. The molecular weight excluding hydrogens is 304 g/mol. The first-order valence-electron chi connectivity index (χ1n) is 8.23. The fourth-order valence-electron chi connectivity index (χ4n) is 3.00. The van der Waals surface area contributed by atoms with Gasteiger partial charge in [-0.15, -0.1) is 0 Å². The zero-order valence-electron chi connectivity index (χ0n) is 13.9. The molecule has 0 amide bonds. The zero-order valence-corrected chi connectivity index (χ0v) is 13.9. The highest BCUT2D eigenvalue weighted by atomic mass is 16.5. The summed E-state index contributed by atoms with van der Waals surface area (Å²) >= 11 is 0. The Morgan fingerprint density at radius 3 is 2.83 bits per heavy atom. The van der Waals surface area contributed by atoms with E-state index in [-0.39, 0.29) is 12.0 Å². The molecular formula is C19H22N2O3. The standard InChI is InChI=1S/C19H22N2O3/c1-23-19(22)13-16-9-6-12-21(16)17-10-5-11-18(20-17)24-14-15-7-3-2-4-8-15/h2-5,7-8,10-11,16H,6,9,12-14H2,1H3. The van der Waals surface area contributed by atoms with E-state index in [1.807, 2.05) is 48.5 Å². The van der Waals surface area contributed by atoms with Gasteiger partial charge in [-0.2, -0.15) is 4.98 Å². The molecule has 0 aliphatic carbocycles. The third-order valence-corrected chi connectivity index (χ3v) is 4.24. The summed E-state index contributed by atoms with van der Waals surface area (Å²) in [6, 6.07) is 15.9. The van der Waals surface area contributed by atoms with Gasteiger partial charge in [0.1, 0.15) is 12.4 Å². The van der Waals surface area contributed by atoms with Gasteiger partial charge in [-0.25, -0.2) is 0 Å². The first-order valence-corrected chi connectivity index (χ1v) is 8.23. The molecule has 126 valence electrons. The number of hydrogen-bond acceptors (Lipinski definition) is 5. The quantitative estimate of drug-likeness (QED) is 0.763. The van der Waals surface area contributed by atoms with Crippen molar-refractivity contribution in [3.63, 3.8) is 0 Å². The van der Waals surface area contributed by atoms with Crippen LogP contribution in [0.5, 0.6) is 5.88 Å². The van der Waals surface area contributed by atoms with Gasteiger partial charge in [0.15, 0.2) is 0 Å². The van der Waals surface area contributed by atoms with Crippen LogP contribution in [-0.2, 0) is 16.1 Å². The molecule has 1 aromatic heterocycles. The fourth-order valence-corrected chi connectivity index (χ4v) is 3.00. The van der Waals surface area contributed by atoms with Gasteiger partial charge in [0.2, 0.25) is 5.88 Å². The second-order valence-corrected chi connectivity index (χ2v) is 5.88. The SMILES string of the molecule is COC(=O)CC1CCCN1c1cccc(OCc2ccccc2)n1. The van der Waals surface area contributed by atoms with Crippen LogP contribution in [0, 0.1) is 0 Å². The molecule has 1 aromatic carbocycles. The van der Waals surface area contributed by atoms with E-state index in [0.717, 1.165) is 30.8 Å². The van der Waals surface area contributed by atoms with Crippen LogP contribution in [0.15, 0.2) is 48.5 Å². The maximum Gasteiger partial charge on any atom is 0.307 e. The van der Waals surface area contributed by atoms with E-state index in [0.29, 0.717) is 18.9 Å². The Morgan fingerprint density at radius 1 is 1.21 bits per heavy atom. The van der Waals surface area contributed by atoms with E-state index >= 15 is 0 Å². The van der Waals surface area contributed by atoms with Crippen LogP contribution >= 0.6 is 0 Å². The number of anilines is 1. The largest absolute Gasteiger partial charge is 0.473 e. The Balaban J connectivity index is 1.67. The van der Waals surface area contributed by atoms with Crippen molar-refractivity contribution in [1.29, 1.82) is 0 Å². The summed E-state index contributed by atoms with van der Waals surface area (Å²) in [6.07, 6.45) is 2.43. The minimum Gasteiger partial charge on any atom is -0.473 e. The molecule has 1 unspecified atom stereocenters. The molecule has 24 heavy (non-hydrogen) atoms. The Bertz CT molecular complexity index is 675. The highest BCUT2D eigenvalue weighted by Crippen LogP contribution is 2.27. The van der Waals surface area contributed by atoms with Crippen molar-refractivity contribution in [2.45, 2.75) is 31.9 Å². The van der Waals surface area contributed by atoms with Crippen molar-refractivity contribution in [2.24, 2.45) is 0 Å². The molecule has 2 aromatic rings. The highest BCUT2D eigenvalue weighted by molar-refractivity contribution is 5.70. The van der Waals surface area contributed by atoms with E-state index in [1.165, 1.54) is 7.11 Å². The van der Waals surface area contributed by atoms with Crippen molar-refractivity contribution >= 4 is 11.8 Å². The molecule has 1 aliphatic rings. The third-order valence-electron chi connectivity index (χ3n) is 4.24. The summed E-state index contributed by atoms with van der Waals surface area (Å²) in [5.74, 6) is 1.27. The summed E-state index contributed by atoms with van der Waals surface area (Å²) in [4.78, 5) is 18.4. The summed E-state index contributed by atoms with van der Waals surface area (Å²) < 4.78 is 10.6. The van der Waals surface area contributed by atoms with Crippen LogP contribution in [0.25, 0.3) is 0 Å². The number of aromatic nitrogens is 1. The second kappa shape index (κ2) is 7.81. The molecule has 0 saturated carbocycles. The van der Waals surface area contributed by atoms with Gasteiger partial charge < -0.3 is 14.4 Å². The van der Waals surface area contributed by atoms with E-state index < -0.39 is 0 Å². The van der Waals surface area contributed by atoms with Crippen molar-refractivity contribution in [3.8, 4) is 5.88 Å². The van der Waals surface area contributed by atoms with Gasteiger partial charge >= 0.3 is 5.97 Å². The number of pyridine rings is 1. The van der Waals surface area contributed by atoms with E-state index in [1.54, 1.807) is 0 Å². The number of carbonyl (C=O) groups is 1. The summed E-state index contributed by atoms with van der Waals surface area (Å²) in [5.41, 5.74) is 1.11. The molecule has 2 heterocycles. The Morgan fingerprint density at radius 2 is 2.04 bits per heavy atom. The van der Waals surface area contributed by atoms with Gasteiger partial charge in [-0.05, 0) is 24.5 Å². The lowest BCUT2D eigenvalue weighted by molar-refractivity contribution is -0.140. The molecule has 0 N–H and O–H groups in total. The van der Waals surface area contributed by atoms with Crippen molar-refractivity contribution in [1.82, 2.24) is 4.98 Å². The van der Waals surface area contributed by atoms with E-state index in [2.05, 4.69) is 9.88 Å². The van der Waals surface area contributed by atoms with Gasteiger partial charge in [0.25, 0.3) is 0 Å². The highest BCUT2D eigenvalue weighted by Gasteiger charge is 2.28. The second-order valence-electron chi connectivity index (χ2n) is 5.88. The zero-order chi connectivity index (χ0) is 16.8. The Labute approximate surface area is 142 Å². The van der Waals surface area contributed by atoms with Crippen LogP contribution in [-0.4, -0.2) is 30.6 Å². The maximum atomic E-state index is 11.6. The monoisotopic (exact) mass is 326 g/mol. The van der Waals surface area contributed by atoms with Gasteiger partial charge in [-0.1, -0.05) is 36.4 Å². The maximum absolute atomic E-state index is 11.6. The average molecular weight is 326 g/mol. The molecule has 1 fully saturated rings. The topological polar surface area (TPSA) is 51.7 Å². The Kier molecular flexibility index (Phi) is 5.31. The molecule has 0 spiro atoms. The molecule has 1 aliphatic heterocycles. The number of carbonyl (C=O) groups excluding carboxylic acids is 1. The van der Waals surface area contributed by atoms with Crippen LogP contribution in [0.4, 0.5) is 5.82 Å². The fraction of sp³-hybridized carbons (Fsp3) is 0.368. The normalized spacial score (nSPS) is 16.9. The summed E-state index contributed by atoms with van der Waals surface area (Å²) in [6.45, 7) is 1.39. The predicted octanol–water partition coefficient (Wildman–Crippen LogP) is 3.19. The van der Waals surface area contributed by atoms with Crippen LogP contribution in [0.3, 0.4) is 0 Å². The third kappa shape index (κ3) is 4.04. The molecule has 1 saturated heterocycles. The van der Waals surface area contributed by atoms with E-state index in [9.17, 15) is 4.79 Å². The van der Waals surface area contributed by atoms with Gasteiger partial charge in [0, 0.05) is 18.7 Å². The number of nitrogens with zero attached hydrogens (tertiary/aromatic N) is 2. The van der Waals surface area contributed by atoms with E-state index in [4.69, 9.17) is 9.47 Å². The van der Waals surface area contributed by atoms with Gasteiger partial charge in [0.05, 0.1) is 13.5 Å². The summed E-state index contributed by atoms with van der Waals surface area (Å²) in [7, 11) is 1.43.